The molecule has 2 bridgehead atoms. The Balaban J connectivity index is 1.62. The van der Waals surface area contributed by atoms with Gasteiger partial charge in [0.05, 0.1) is 19.6 Å². The van der Waals surface area contributed by atoms with Crippen molar-refractivity contribution < 1.29 is 38.1 Å². The highest BCUT2D eigenvalue weighted by Crippen LogP contribution is 2.51. The molecule has 8 nitrogen and oxygen atoms in total. The third-order valence-corrected chi connectivity index (χ3v) is 4.98. The molecule has 8 heteroatoms. The number of fused-ring (bicyclic) bond motifs is 2. The molecule has 0 N–H and O–H groups in total. The summed E-state index contributed by atoms with van der Waals surface area (Å²) in [5.41, 5.74) is -0.0269. The zero-order valence-electron chi connectivity index (χ0n) is 15.6. The van der Waals surface area contributed by atoms with Crippen LogP contribution in [0.5, 0.6) is 11.5 Å². The number of esters is 2. The molecular formula is C20H20O8. The van der Waals surface area contributed by atoms with Crippen LogP contribution in [0.3, 0.4) is 0 Å². The standard InChI is InChI=1S/C20H20O8/c1-12(21)24-7-5-14-3-4-15-16(9-14)28-19-6-8-25-20(11-19,27-13(2)22)17(23)10-18(19)26-15/h3-4,9-10H,5-8,11H2,1-2H3. The Labute approximate surface area is 161 Å². The van der Waals surface area contributed by atoms with Gasteiger partial charge in [-0.25, -0.2) is 0 Å². The Morgan fingerprint density at radius 2 is 2.00 bits per heavy atom. The highest BCUT2D eigenvalue weighted by atomic mass is 16.7. The van der Waals surface area contributed by atoms with E-state index in [4.69, 9.17) is 23.7 Å². The van der Waals surface area contributed by atoms with Gasteiger partial charge in [-0.2, -0.15) is 0 Å². The van der Waals surface area contributed by atoms with Crippen molar-refractivity contribution in [2.45, 2.75) is 44.5 Å². The summed E-state index contributed by atoms with van der Waals surface area (Å²) in [6.45, 7) is 3.04. The van der Waals surface area contributed by atoms with E-state index in [0.29, 0.717) is 30.1 Å². The lowest BCUT2D eigenvalue weighted by Crippen LogP contribution is -2.62. The molecule has 2 atom stereocenters. The zero-order valence-corrected chi connectivity index (χ0v) is 15.6. The molecular weight excluding hydrogens is 368 g/mol. The molecule has 0 aromatic heterocycles. The minimum atomic E-state index is -1.68. The van der Waals surface area contributed by atoms with Crippen molar-refractivity contribution >= 4 is 17.7 Å². The first-order valence-corrected chi connectivity index (χ1v) is 9.05. The number of carbonyl (C=O) groups excluding carboxylic acids is 3. The summed E-state index contributed by atoms with van der Waals surface area (Å²) >= 11 is 0. The minimum Gasteiger partial charge on any atom is -0.475 e. The quantitative estimate of drug-likeness (QED) is 0.721. The van der Waals surface area contributed by atoms with E-state index in [1.807, 2.05) is 12.1 Å². The third kappa shape index (κ3) is 3.13. The van der Waals surface area contributed by atoms with Crippen LogP contribution >= 0.6 is 0 Å². The number of ether oxygens (including phenoxy) is 5. The maximum Gasteiger partial charge on any atom is 0.305 e. The predicted molar refractivity (Wildman–Crippen MR) is 93.5 cm³/mol. The second-order valence-electron chi connectivity index (χ2n) is 7.06. The monoisotopic (exact) mass is 388 g/mol. The highest BCUT2D eigenvalue weighted by Gasteiger charge is 2.61. The summed E-state index contributed by atoms with van der Waals surface area (Å²) in [7, 11) is 0. The number of benzene rings is 1. The molecule has 0 amide bonds. The number of hydrogen-bond donors (Lipinski definition) is 0. The van der Waals surface area contributed by atoms with Gasteiger partial charge in [0.1, 0.15) is 0 Å². The van der Waals surface area contributed by atoms with Crippen LogP contribution in [0.25, 0.3) is 0 Å². The first kappa shape index (κ1) is 18.5. The number of rotatable bonds is 4. The molecule has 28 heavy (non-hydrogen) atoms. The Morgan fingerprint density at radius 1 is 1.18 bits per heavy atom. The van der Waals surface area contributed by atoms with Crippen molar-refractivity contribution in [3.8, 4) is 11.5 Å². The molecule has 0 saturated carbocycles. The normalized spacial score (nSPS) is 27.4. The summed E-state index contributed by atoms with van der Waals surface area (Å²) in [6.07, 6.45) is 2.31. The second-order valence-corrected chi connectivity index (χ2v) is 7.06. The van der Waals surface area contributed by atoms with Crippen molar-refractivity contribution in [1.29, 1.82) is 0 Å². The lowest BCUT2D eigenvalue weighted by molar-refractivity contribution is -0.260. The number of hydrogen-bond acceptors (Lipinski definition) is 8. The van der Waals surface area contributed by atoms with Crippen LogP contribution in [0.4, 0.5) is 0 Å². The topological polar surface area (TPSA) is 97.4 Å². The smallest absolute Gasteiger partial charge is 0.305 e. The van der Waals surface area contributed by atoms with Gasteiger partial charge in [-0.3, -0.25) is 14.4 Å². The van der Waals surface area contributed by atoms with Gasteiger partial charge in [0, 0.05) is 32.8 Å². The molecule has 1 spiro atoms. The zero-order chi connectivity index (χ0) is 19.9. The van der Waals surface area contributed by atoms with E-state index in [9.17, 15) is 14.4 Å². The highest BCUT2D eigenvalue weighted by molar-refractivity contribution is 5.99. The van der Waals surface area contributed by atoms with Crippen LogP contribution in [-0.2, 0) is 35.0 Å². The Hall–Kier alpha value is -2.87. The first-order chi connectivity index (χ1) is 13.3. The van der Waals surface area contributed by atoms with Crippen LogP contribution in [-0.4, -0.2) is 42.3 Å². The van der Waals surface area contributed by atoms with E-state index in [2.05, 4.69) is 0 Å². The molecule has 1 aliphatic carbocycles. The maximum absolute atomic E-state index is 12.6. The Bertz CT molecular complexity index is 888. The molecule has 2 unspecified atom stereocenters. The fourth-order valence-corrected chi connectivity index (χ4v) is 3.75. The largest absolute Gasteiger partial charge is 0.475 e. The SMILES string of the molecule is CC(=O)OCCc1ccc2c(c1)OC13CCOC(OC(C)=O)(C1)C(=O)C=C3O2. The summed E-state index contributed by atoms with van der Waals surface area (Å²) in [5, 5.41) is 0. The lowest BCUT2D eigenvalue weighted by Gasteiger charge is -2.50. The van der Waals surface area contributed by atoms with Gasteiger partial charge in [-0.15, -0.1) is 0 Å². The van der Waals surface area contributed by atoms with E-state index in [1.54, 1.807) is 6.07 Å². The van der Waals surface area contributed by atoms with E-state index in [1.165, 1.54) is 19.9 Å². The molecule has 1 aromatic rings. The molecule has 4 rings (SSSR count). The van der Waals surface area contributed by atoms with Gasteiger partial charge in [0.2, 0.25) is 5.78 Å². The number of ketones is 1. The average Bonchev–Trinajstić information content (AvgIpc) is 2.61. The van der Waals surface area contributed by atoms with Crippen molar-refractivity contribution in [3.63, 3.8) is 0 Å². The Morgan fingerprint density at radius 3 is 2.75 bits per heavy atom. The summed E-state index contributed by atoms with van der Waals surface area (Å²) in [6, 6.07) is 5.43. The van der Waals surface area contributed by atoms with Gasteiger partial charge < -0.3 is 23.7 Å². The fraction of sp³-hybridized carbons (Fsp3) is 0.450. The fourth-order valence-electron chi connectivity index (χ4n) is 3.75. The van der Waals surface area contributed by atoms with Crippen LogP contribution in [0, 0.1) is 0 Å². The van der Waals surface area contributed by atoms with Crippen LogP contribution < -0.4 is 9.47 Å². The molecule has 2 heterocycles. The maximum atomic E-state index is 12.6. The predicted octanol–water partition coefficient (Wildman–Crippen LogP) is 1.84. The van der Waals surface area contributed by atoms with Gasteiger partial charge in [-0.1, -0.05) is 6.07 Å². The third-order valence-electron chi connectivity index (χ3n) is 4.98. The lowest BCUT2D eigenvalue weighted by atomic mass is 9.79. The molecule has 2 aliphatic heterocycles. The Kier molecular flexibility index (Phi) is 4.38. The average molecular weight is 388 g/mol. The van der Waals surface area contributed by atoms with Crippen LogP contribution in [0.1, 0.15) is 32.3 Å². The molecule has 1 aromatic carbocycles. The van der Waals surface area contributed by atoms with Crippen molar-refractivity contribution in [2.75, 3.05) is 13.2 Å². The molecule has 148 valence electrons. The minimum absolute atomic E-state index is 0.0291. The van der Waals surface area contributed by atoms with Crippen LogP contribution in [0.2, 0.25) is 0 Å². The van der Waals surface area contributed by atoms with Crippen molar-refractivity contribution in [1.82, 2.24) is 0 Å². The number of carbonyl (C=O) groups is 3. The van der Waals surface area contributed by atoms with Gasteiger partial charge in [-0.05, 0) is 17.7 Å². The summed E-state index contributed by atoms with van der Waals surface area (Å²) in [5.74, 6) is -1.68. The van der Waals surface area contributed by atoms with Gasteiger partial charge in [0.15, 0.2) is 22.9 Å². The summed E-state index contributed by atoms with van der Waals surface area (Å²) < 4.78 is 28.1. The van der Waals surface area contributed by atoms with E-state index in [0.717, 1.165) is 5.56 Å². The van der Waals surface area contributed by atoms with E-state index in [-0.39, 0.29) is 25.6 Å². The molecule has 1 fully saturated rings. The van der Waals surface area contributed by atoms with E-state index >= 15 is 0 Å². The van der Waals surface area contributed by atoms with Gasteiger partial charge >= 0.3 is 11.9 Å². The molecule has 3 aliphatic rings. The second kappa shape index (κ2) is 6.63. The van der Waals surface area contributed by atoms with Crippen molar-refractivity contribution in [2.24, 2.45) is 0 Å². The molecule has 1 saturated heterocycles. The first-order valence-electron chi connectivity index (χ1n) is 9.05. The van der Waals surface area contributed by atoms with Gasteiger partial charge in [0.25, 0.3) is 5.79 Å². The van der Waals surface area contributed by atoms with Crippen LogP contribution in [0.15, 0.2) is 30.0 Å². The molecule has 0 radical (unpaired) electrons. The summed E-state index contributed by atoms with van der Waals surface area (Å²) in [4.78, 5) is 35.0. The van der Waals surface area contributed by atoms with Crippen molar-refractivity contribution in [3.05, 3.63) is 35.6 Å². The van der Waals surface area contributed by atoms with E-state index < -0.39 is 23.1 Å².